The molecule has 30 heavy (non-hydrogen) atoms. The zero-order valence-corrected chi connectivity index (χ0v) is 19.7. The molecule has 0 bridgehead atoms. The van der Waals surface area contributed by atoms with E-state index < -0.39 is 6.04 Å². The van der Waals surface area contributed by atoms with Crippen molar-refractivity contribution >= 4 is 35.2 Å². The average molecular weight is 447 g/mol. The molecular weight excluding hydrogens is 416 g/mol. The Hall–Kier alpha value is -1.98. The fourth-order valence-corrected chi connectivity index (χ4v) is 4.06. The fraction of sp³-hybridized carbons (Fsp3) is 0.417. The van der Waals surface area contributed by atoms with Crippen molar-refractivity contribution in [3.05, 3.63) is 65.2 Å². The summed E-state index contributed by atoms with van der Waals surface area (Å²) >= 11 is 7.65. The normalized spacial score (nSPS) is 12.3. The lowest BCUT2D eigenvalue weighted by molar-refractivity contribution is -0.141. The first-order valence-corrected chi connectivity index (χ1v) is 11.6. The van der Waals surface area contributed by atoms with Crippen LogP contribution in [0, 0.1) is 0 Å². The van der Waals surface area contributed by atoms with E-state index in [1.54, 1.807) is 28.8 Å². The highest BCUT2D eigenvalue weighted by molar-refractivity contribution is 7.99. The maximum Gasteiger partial charge on any atom is 0.243 e. The summed E-state index contributed by atoms with van der Waals surface area (Å²) in [7, 11) is 0. The summed E-state index contributed by atoms with van der Waals surface area (Å²) in [4.78, 5) is 29.0. The molecule has 0 unspecified atom stereocenters. The number of thioether (sulfide) groups is 1. The quantitative estimate of drug-likeness (QED) is 0.514. The summed E-state index contributed by atoms with van der Waals surface area (Å²) in [5, 5.41) is 3.67. The summed E-state index contributed by atoms with van der Waals surface area (Å²) in [5.41, 5.74) is 0.591. The monoisotopic (exact) mass is 446 g/mol. The lowest BCUT2D eigenvalue weighted by Gasteiger charge is -2.33. The second-order valence-corrected chi connectivity index (χ2v) is 9.83. The van der Waals surface area contributed by atoms with E-state index in [0.29, 0.717) is 30.2 Å². The van der Waals surface area contributed by atoms with Gasteiger partial charge in [0.1, 0.15) is 6.04 Å². The predicted octanol–water partition coefficient (Wildman–Crippen LogP) is 5.54. The van der Waals surface area contributed by atoms with E-state index in [4.69, 9.17) is 11.6 Å². The molecule has 2 rings (SSSR count). The van der Waals surface area contributed by atoms with Crippen molar-refractivity contribution in [1.29, 1.82) is 0 Å². The van der Waals surface area contributed by atoms with Gasteiger partial charge in [-0.3, -0.25) is 9.59 Å². The zero-order valence-electron chi connectivity index (χ0n) is 18.2. The van der Waals surface area contributed by atoms with Crippen LogP contribution in [-0.4, -0.2) is 34.0 Å². The lowest BCUT2D eigenvalue weighted by atomic mass is 10.1. The molecule has 0 aliphatic heterocycles. The zero-order chi connectivity index (χ0) is 22.1. The van der Waals surface area contributed by atoms with Crippen molar-refractivity contribution < 1.29 is 9.59 Å². The summed E-state index contributed by atoms with van der Waals surface area (Å²) in [6.45, 7) is 8.15. The van der Waals surface area contributed by atoms with E-state index in [-0.39, 0.29) is 17.4 Å². The number of halogens is 1. The highest BCUT2D eigenvalue weighted by Crippen LogP contribution is 2.21. The van der Waals surface area contributed by atoms with Gasteiger partial charge in [0, 0.05) is 34.2 Å². The Balaban J connectivity index is 2.14. The van der Waals surface area contributed by atoms with Crippen LogP contribution in [0.5, 0.6) is 0 Å². The maximum atomic E-state index is 13.2. The number of benzene rings is 2. The van der Waals surface area contributed by atoms with E-state index in [0.717, 1.165) is 10.5 Å². The van der Waals surface area contributed by atoms with Gasteiger partial charge in [0.05, 0.1) is 0 Å². The molecule has 0 radical (unpaired) electrons. The van der Waals surface area contributed by atoms with E-state index >= 15 is 0 Å². The Labute approximate surface area is 189 Å². The van der Waals surface area contributed by atoms with Gasteiger partial charge >= 0.3 is 0 Å². The third kappa shape index (κ3) is 8.04. The van der Waals surface area contributed by atoms with E-state index in [9.17, 15) is 9.59 Å². The van der Waals surface area contributed by atoms with Gasteiger partial charge in [-0.1, -0.05) is 48.9 Å². The molecule has 162 valence electrons. The Morgan fingerprint density at radius 1 is 1.07 bits per heavy atom. The standard InChI is InChI=1S/C24H31ClN2O2S/c1-5-21(23(29)26-24(2,3)4)27(17-18-11-13-19(25)14-12-18)22(28)15-16-30-20-9-7-6-8-10-20/h6-14,21H,5,15-17H2,1-4H3,(H,26,29)/t21-/m0/s1. The molecule has 1 N–H and O–H groups in total. The van der Waals surface area contributed by atoms with Crippen LogP contribution < -0.4 is 5.32 Å². The van der Waals surface area contributed by atoms with Crippen molar-refractivity contribution in [2.75, 3.05) is 5.75 Å². The molecule has 0 aliphatic rings. The van der Waals surface area contributed by atoms with Gasteiger partial charge < -0.3 is 10.2 Å². The molecule has 0 spiro atoms. The van der Waals surface area contributed by atoms with E-state index in [1.165, 1.54) is 0 Å². The molecule has 0 aliphatic carbocycles. The summed E-state index contributed by atoms with van der Waals surface area (Å²) in [6.07, 6.45) is 0.916. The second-order valence-electron chi connectivity index (χ2n) is 8.22. The van der Waals surface area contributed by atoms with Crippen molar-refractivity contribution in [1.82, 2.24) is 10.2 Å². The first kappa shape index (κ1) is 24.3. The molecular formula is C24H31ClN2O2S. The van der Waals surface area contributed by atoms with Gasteiger partial charge in [0.15, 0.2) is 0 Å². The first-order chi connectivity index (χ1) is 14.2. The lowest BCUT2D eigenvalue weighted by Crippen LogP contribution is -2.53. The molecule has 0 aromatic heterocycles. The first-order valence-electron chi connectivity index (χ1n) is 10.2. The Morgan fingerprint density at radius 3 is 2.27 bits per heavy atom. The number of hydrogen-bond donors (Lipinski definition) is 1. The number of carbonyl (C=O) groups is 2. The predicted molar refractivity (Wildman–Crippen MR) is 126 cm³/mol. The Bertz CT molecular complexity index is 819. The van der Waals surface area contributed by atoms with Crippen molar-refractivity contribution in [2.24, 2.45) is 0 Å². The Kier molecular flexibility index (Phi) is 9.25. The minimum atomic E-state index is -0.519. The molecule has 0 saturated carbocycles. The van der Waals surface area contributed by atoms with Crippen molar-refractivity contribution in [2.45, 2.75) is 63.6 Å². The van der Waals surface area contributed by atoms with Crippen LogP contribution in [0.2, 0.25) is 5.02 Å². The SMILES string of the molecule is CC[C@@H](C(=O)NC(C)(C)C)N(Cc1ccc(Cl)cc1)C(=O)CCSc1ccccc1. The third-order valence-electron chi connectivity index (χ3n) is 4.48. The fourth-order valence-electron chi connectivity index (χ4n) is 3.08. The van der Waals surface area contributed by atoms with Crippen LogP contribution in [0.4, 0.5) is 0 Å². The highest BCUT2D eigenvalue weighted by atomic mass is 35.5. The van der Waals surface area contributed by atoms with Gasteiger partial charge in [-0.15, -0.1) is 11.8 Å². The van der Waals surface area contributed by atoms with Crippen LogP contribution in [0.25, 0.3) is 0 Å². The van der Waals surface area contributed by atoms with Gasteiger partial charge in [0.2, 0.25) is 11.8 Å². The second kappa shape index (κ2) is 11.4. The van der Waals surface area contributed by atoms with Crippen LogP contribution >= 0.6 is 23.4 Å². The third-order valence-corrected chi connectivity index (χ3v) is 5.74. The highest BCUT2D eigenvalue weighted by Gasteiger charge is 2.30. The molecule has 0 fully saturated rings. The number of rotatable bonds is 9. The van der Waals surface area contributed by atoms with Gasteiger partial charge in [-0.2, -0.15) is 0 Å². The van der Waals surface area contributed by atoms with Crippen molar-refractivity contribution in [3.63, 3.8) is 0 Å². The molecule has 2 amide bonds. The summed E-state index contributed by atoms with van der Waals surface area (Å²) < 4.78 is 0. The van der Waals surface area contributed by atoms with Gasteiger partial charge in [-0.05, 0) is 57.0 Å². The number of carbonyl (C=O) groups excluding carboxylic acids is 2. The van der Waals surface area contributed by atoms with Crippen LogP contribution in [0.3, 0.4) is 0 Å². The molecule has 1 atom stereocenters. The molecule has 0 saturated heterocycles. The minimum Gasteiger partial charge on any atom is -0.350 e. The largest absolute Gasteiger partial charge is 0.350 e. The smallest absolute Gasteiger partial charge is 0.243 e. The summed E-state index contributed by atoms with van der Waals surface area (Å²) in [5.74, 6) is 0.518. The number of nitrogens with one attached hydrogen (secondary N) is 1. The van der Waals surface area contributed by atoms with Gasteiger partial charge in [0.25, 0.3) is 0 Å². The van der Waals surface area contributed by atoms with E-state index in [1.807, 2.05) is 70.2 Å². The Morgan fingerprint density at radius 2 is 1.70 bits per heavy atom. The average Bonchev–Trinajstić information content (AvgIpc) is 2.68. The number of hydrogen-bond acceptors (Lipinski definition) is 3. The van der Waals surface area contributed by atoms with Crippen LogP contribution in [0.1, 0.15) is 46.1 Å². The molecule has 0 heterocycles. The van der Waals surface area contributed by atoms with Crippen LogP contribution in [0.15, 0.2) is 59.5 Å². The number of amides is 2. The maximum absolute atomic E-state index is 13.2. The van der Waals surface area contributed by atoms with Gasteiger partial charge in [-0.25, -0.2) is 0 Å². The van der Waals surface area contributed by atoms with Crippen LogP contribution in [-0.2, 0) is 16.1 Å². The summed E-state index contributed by atoms with van der Waals surface area (Å²) in [6, 6.07) is 16.9. The van der Waals surface area contributed by atoms with Crippen molar-refractivity contribution in [3.8, 4) is 0 Å². The van der Waals surface area contributed by atoms with E-state index in [2.05, 4.69) is 5.32 Å². The minimum absolute atomic E-state index is 0.0238. The molecule has 4 nitrogen and oxygen atoms in total. The molecule has 2 aromatic carbocycles. The molecule has 6 heteroatoms. The number of nitrogens with zero attached hydrogens (tertiary/aromatic N) is 1. The topological polar surface area (TPSA) is 49.4 Å². The molecule has 2 aromatic rings.